The Bertz CT molecular complexity index is 877. The molecular formula is C20H23Cl2N3O2. The standard InChI is InChI=1S/C20H23Cl2N3O2/c1-20(2,3)27-19(26)25-14-5-6-15(25)11-24(10-14)18-16-7-4-13(21)8-12(16)9-17(22)23-18/h4,7-9,14-15H,5-6,10-11H2,1-3H3/t14-,15+. The molecule has 2 aliphatic heterocycles. The lowest BCUT2D eigenvalue weighted by molar-refractivity contribution is 0.0123. The van der Waals surface area contributed by atoms with E-state index in [1.807, 2.05) is 49.9 Å². The minimum absolute atomic E-state index is 0.127. The third-order valence-corrected chi connectivity index (χ3v) is 5.56. The van der Waals surface area contributed by atoms with Gasteiger partial charge in [-0.1, -0.05) is 23.2 Å². The van der Waals surface area contributed by atoms with Gasteiger partial charge in [-0.2, -0.15) is 0 Å². The number of piperazine rings is 1. The number of hydrogen-bond acceptors (Lipinski definition) is 4. The second kappa shape index (κ2) is 6.71. The number of carbonyl (C=O) groups is 1. The molecule has 0 N–H and O–H groups in total. The molecule has 1 aromatic carbocycles. The monoisotopic (exact) mass is 407 g/mol. The van der Waals surface area contributed by atoms with Crippen LogP contribution < -0.4 is 4.90 Å². The van der Waals surface area contributed by atoms with Gasteiger partial charge >= 0.3 is 6.09 Å². The Kier molecular flexibility index (Phi) is 4.63. The first-order valence-corrected chi connectivity index (χ1v) is 9.99. The molecule has 0 saturated carbocycles. The number of amides is 1. The van der Waals surface area contributed by atoms with E-state index >= 15 is 0 Å². The van der Waals surface area contributed by atoms with Gasteiger partial charge in [-0.3, -0.25) is 4.90 Å². The van der Waals surface area contributed by atoms with Crippen LogP contribution in [0.5, 0.6) is 0 Å². The lowest BCUT2D eigenvalue weighted by Gasteiger charge is -2.42. The van der Waals surface area contributed by atoms with Crippen LogP contribution in [0.4, 0.5) is 10.6 Å². The van der Waals surface area contributed by atoms with E-state index in [-0.39, 0.29) is 18.2 Å². The number of rotatable bonds is 1. The lowest BCUT2D eigenvalue weighted by Crippen LogP contribution is -2.57. The number of aromatic nitrogens is 1. The van der Waals surface area contributed by atoms with Crippen molar-refractivity contribution in [2.75, 3.05) is 18.0 Å². The summed E-state index contributed by atoms with van der Waals surface area (Å²) in [6, 6.07) is 7.84. The highest BCUT2D eigenvalue weighted by molar-refractivity contribution is 6.32. The Morgan fingerprint density at radius 1 is 1.15 bits per heavy atom. The molecular weight excluding hydrogens is 385 g/mol. The zero-order valence-electron chi connectivity index (χ0n) is 15.7. The van der Waals surface area contributed by atoms with E-state index in [9.17, 15) is 4.79 Å². The van der Waals surface area contributed by atoms with E-state index in [1.54, 1.807) is 0 Å². The van der Waals surface area contributed by atoms with Gasteiger partial charge in [0, 0.05) is 23.5 Å². The Morgan fingerprint density at radius 3 is 2.44 bits per heavy atom. The second-order valence-corrected chi connectivity index (χ2v) is 9.14. The molecule has 5 nitrogen and oxygen atoms in total. The molecule has 2 saturated heterocycles. The van der Waals surface area contributed by atoms with Crippen molar-refractivity contribution >= 4 is 45.9 Å². The first kappa shape index (κ1) is 18.6. The minimum Gasteiger partial charge on any atom is -0.444 e. The number of anilines is 1. The van der Waals surface area contributed by atoms with Crippen molar-refractivity contribution in [3.05, 3.63) is 34.4 Å². The molecule has 4 rings (SSSR count). The van der Waals surface area contributed by atoms with E-state index < -0.39 is 5.60 Å². The van der Waals surface area contributed by atoms with Crippen LogP contribution in [0.15, 0.2) is 24.3 Å². The molecule has 1 aromatic heterocycles. The van der Waals surface area contributed by atoms with Crippen molar-refractivity contribution in [1.82, 2.24) is 9.88 Å². The molecule has 144 valence electrons. The summed E-state index contributed by atoms with van der Waals surface area (Å²) < 4.78 is 5.62. The van der Waals surface area contributed by atoms with Crippen molar-refractivity contribution in [2.24, 2.45) is 0 Å². The molecule has 2 aromatic rings. The van der Waals surface area contributed by atoms with Crippen LogP contribution in [0.2, 0.25) is 10.2 Å². The summed E-state index contributed by atoms with van der Waals surface area (Å²) >= 11 is 12.4. The molecule has 1 amide bonds. The number of pyridine rings is 1. The zero-order chi connectivity index (χ0) is 19.3. The van der Waals surface area contributed by atoms with Gasteiger partial charge in [-0.25, -0.2) is 9.78 Å². The fourth-order valence-electron chi connectivity index (χ4n) is 4.11. The molecule has 2 fully saturated rings. The summed E-state index contributed by atoms with van der Waals surface area (Å²) in [6.45, 7) is 7.14. The number of ether oxygens (including phenoxy) is 1. The third-order valence-electron chi connectivity index (χ3n) is 5.13. The van der Waals surface area contributed by atoms with Gasteiger partial charge in [0.1, 0.15) is 16.6 Å². The van der Waals surface area contributed by atoms with E-state index in [4.69, 9.17) is 27.9 Å². The maximum Gasteiger partial charge on any atom is 0.410 e. The number of hydrogen-bond donors (Lipinski definition) is 0. The molecule has 27 heavy (non-hydrogen) atoms. The van der Waals surface area contributed by atoms with Crippen LogP contribution in [-0.4, -0.2) is 46.8 Å². The summed E-state index contributed by atoms with van der Waals surface area (Å²) in [7, 11) is 0. The predicted octanol–water partition coefficient (Wildman–Crippen LogP) is 5.13. The molecule has 0 aliphatic carbocycles. The Morgan fingerprint density at radius 2 is 1.81 bits per heavy atom. The van der Waals surface area contributed by atoms with Crippen LogP contribution in [0.25, 0.3) is 10.8 Å². The Labute approximate surface area is 169 Å². The first-order chi connectivity index (χ1) is 12.7. The van der Waals surface area contributed by atoms with Gasteiger partial charge in [0.15, 0.2) is 0 Å². The number of fused-ring (bicyclic) bond motifs is 3. The molecule has 2 bridgehead atoms. The van der Waals surface area contributed by atoms with Gasteiger partial charge < -0.3 is 9.64 Å². The van der Waals surface area contributed by atoms with E-state index in [0.29, 0.717) is 10.2 Å². The van der Waals surface area contributed by atoms with Crippen molar-refractivity contribution in [3.8, 4) is 0 Å². The van der Waals surface area contributed by atoms with Crippen LogP contribution >= 0.6 is 23.2 Å². The van der Waals surface area contributed by atoms with Crippen molar-refractivity contribution < 1.29 is 9.53 Å². The van der Waals surface area contributed by atoms with Gasteiger partial charge in [0.2, 0.25) is 0 Å². The quantitative estimate of drug-likeness (QED) is 0.614. The SMILES string of the molecule is CC(C)(C)OC(=O)N1[C@@H]2CC[C@H]1CN(c1nc(Cl)cc3cc(Cl)ccc13)C2. The fourth-order valence-corrected chi connectivity index (χ4v) is 4.49. The highest BCUT2D eigenvalue weighted by atomic mass is 35.5. The van der Waals surface area contributed by atoms with Crippen molar-refractivity contribution in [1.29, 1.82) is 0 Å². The van der Waals surface area contributed by atoms with E-state index in [2.05, 4.69) is 9.88 Å². The van der Waals surface area contributed by atoms with Crippen LogP contribution in [0.1, 0.15) is 33.6 Å². The minimum atomic E-state index is -0.488. The molecule has 3 heterocycles. The summed E-state index contributed by atoms with van der Waals surface area (Å²) in [4.78, 5) is 21.4. The highest BCUT2D eigenvalue weighted by Gasteiger charge is 2.44. The van der Waals surface area contributed by atoms with Crippen LogP contribution in [0, 0.1) is 0 Å². The summed E-state index contributed by atoms with van der Waals surface area (Å²) in [6.07, 6.45) is 1.74. The largest absolute Gasteiger partial charge is 0.444 e. The van der Waals surface area contributed by atoms with Crippen molar-refractivity contribution in [3.63, 3.8) is 0 Å². The fraction of sp³-hybridized carbons (Fsp3) is 0.500. The number of halogens is 2. The predicted molar refractivity (Wildman–Crippen MR) is 109 cm³/mol. The topological polar surface area (TPSA) is 45.7 Å². The smallest absolute Gasteiger partial charge is 0.410 e. The Hall–Kier alpha value is -1.72. The zero-order valence-corrected chi connectivity index (χ0v) is 17.2. The second-order valence-electron chi connectivity index (χ2n) is 8.31. The molecule has 0 spiro atoms. The maximum absolute atomic E-state index is 12.7. The summed E-state index contributed by atoms with van der Waals surface area (Å²) in [5, 5.41) is 3.11. The number of nitrogens with zero attached hydrogens (tertiary/aromatic N) is 3. The van der Waals surface area contributed by atoms with E-state index in [0.717, 1.165) is 42.5 Å². The average Bonchev–Trinajstić information content (AvgIpc) is 2.82. The Balaban J connectivity index is 1.62. The van der Waals surface area contributed by atoms with Crippen LogP contribution in [-0.2, 0) is 4.74 Å². The highest BCUT2D eigenvalue weighted by Crippen LogP contribution is 2.36. The van der Waals surface area contributed by atoms with Gasteiger partial charge in [0.05, 0.1) is 12.1 Å². The normalized spacial score (nSPS) is 22.4. The number of benzene rings is 1. The van der Waals surface area contributed by atoms with Crippen LogP contribution in [0.3, 0.4) is 0 Å². The molecule has 2 atom stereocenters. The molecule has 2 aliphatic rings. The molecule has 0 radical (unpaired) electrons. The summed E-state index contributed by atoms with van der Waals surface area (Å²) in [5.41, 5.74) is -0.488. The molecule has 0 unspecified atom stereocenters. The van der Waals surface area contributed by atoms with Gasteiger partial charge in [-0.15, -0.1) is 0 Å². The number of carbonyl (C=O) groups excluding carboxylic acids is 1. The van der Waals surface area contributed by atoms with Crippen molar-refractivity contribution in [2.45, 2.75) is 51.3 Å². The first-order valence-electron chi connectivity index (χ1n) is 9.23. The molecule has 7 heteroatoms. The summed E-state index contributed by atoms with van der Waals surface area (Å²) in [5.74, 6) is 0.856. The van der Waals surface area contributed by atoms with E-state index in [1.165, 1.54) is 0 Å². The average molecular weight is 408 g/mol. The third kappa shape index (κ3) is 3.67. The van der Waals surface area contributed by atoms with Gasteiger partial charge in [-0.05, 0) is 63.3 Å². The maximum atomic E-state index is 12.7. The van der Waals surface area contributed by atoms with Gasteiger partial charge in [0.25, 0.3) is 0 Å². The lowest BCUT2D eigenvalue weighted by atomic mass is 10.1.